The minimum atomic E-state index is -0.840. The second kappa shape index (κ2) is 7.21. The topological polar surface area (TPSA) is 60.2 Å². The molecule has 0 aromatic heterocycles. The molecule has 0 aliphatic rings. The Morgan fingerprint density at radius 3 is 2.05 bits per heavy atom. The third-order valence-corrected chi connectivity index (χ3v) is 5.28. The van der Waals surface area contributed by atoms with Gasteiger partial charge in [0.05, 0.1) is 0 Å². The molecule has 4 heteroatoms. The summed E-state index contributed by atoms with van der Waals surface area (Å²) >= 11 is 0. The second-order valence-corrected chi connectivity index (χ2v) is 7.34. The number of carbonyl (C=O) groups excluding carboxylic acids is 1. The summed E-state index contributed by atoms with van der Waals surface area (Å²) in [5.41, 5.74) is 0.318. The molecule has 0 fully saturated rings. The summed E-state index contributed by atoms with van der Waals surface area (Å²) in [4.78, 5) is 23.8. The minimum Gasteiger partial charge on any atom is -0.299 e. The van der Waals surface area contributed by atoms with Crippen LogP contribution < -0.4 is 0 Å². The average molecular weight is 309 g/mol. The third-order valence-electron chi connectivity index (χ3n) is 5.28. The van der Waals surface area contributed by atoms with Gasteiger partial charge in [-0.1, -0.05) is 65.3 Å². The molecule has 4 nitrogen and oxygen atoms in total. The standard InChI is InChI=1S/C18H31NO3/c1-10-15(20)17(6,7)18(8,9)16(19(21)22)14(5)11-13(4)12(2)3/h11,14,16H,2,10H2,1,3-9H3/b13-11+. The molecule has 0 aliphatic heterocycles. The van der Waals surface area contributed by atoms with Crippen molar-refractivity contribution in [2.75, 3.05) is 0 Å². The van der Waals surface area contributed by atoms with Gasteiger partial charge in [0, 0.05) is 28.1 Å². The lowest BCUT2D eigenvalue weighted by Crippen LogP contribution is -2.52. The van der Waals surface area contributed by atoms with E-state index in [-0.39, 0.29) is 16.6 Å². The molecule has 2 atom stereocenters. The van der Waals surface area contributed by atoms with Crippen LogP contribution in [0, 0.1) is 26.9 Å². The quantitative estimate of drug-likeness (QED) is 0.367. The van der Waals surface area contributed by atoms with E-state index in [9.17, 15) is 14.9 Å². The van der Waals surface area contributed by atoms with E-state index < -0.39 is 16.9 Å². The van der Waals surface area contributed by atoms with Crippen LogP contribution in [0.5, 0.6) is 0 Å². The van der Waals surface area contributed by atoms with Crippen LogP contribution in [-0.4, -0.2) is 16.7 Å². The van der Waals surface area contributed by atoms with Gasteiger partial charge in [-0.05, 0) is 13.8 Å². The first-order valence-electron chi connectivity index (χ1n) is 7.81. The van der Waals surface area contributed by atoms with E-state index >= 15 is 0 Å². The van der Waals surface area contributed by atoms with Gasteiger partial charge in [-0.2, -0.15) is 0 Å². The lowest BCUT2D eigenvalue weighted by atomic mass is 9.59. The number of hydrogen-bond acceptors (Lipinski definition) is 3. The Kier molecular flexibility index (Phi) is 6.73. The monoisotopic (exact) mass is 309 g/mol. The van der Waals surface area contributed by atoms with Crippen LogP contribution in [-0.2, 0) is 4.79 Å². The maximum Gasteiger partial charge on any atom is 0.224 e. The fourth-order valence-electron chi connectivity index (χ4n) is 2.91. The van der Waals surface area contributed by atoms with Crippen LogP contribution in [0.15, 0.2) is 23.8 Å². The fourth-order valence-corrected chi connectivity index (χ4v) is 2.91. The maximum atomic E-state index is 12.3. The number of nitro groups is 1. The predicted molar refractivity (Wildman–Crippen MR) is 91.4 cm³/mol. The zero-order valence-corrected chi connectivity index (χ0v) is 15.3. The molecule has 0 amide bonds. The van der Waals surface area contributed by atoms with Gasteiger partial charge in [0.2, 0.25) is 6.04 Å². The van der Waals surface area contributed by atoms with E-state index in [1.165, 1.54) is 0 Å². The Morgan fingerprint density at radius 2 is 1.73 bits per heavy atom. The molecule has 22 heavy (non-hydrogen) atoms. The highest BCUT2D eigenvalue weighted by Crippen LogP contribution is 2.46. The van der Waals surface area contributed by atoms with Gasteiger partial charge in [-0.15, -0.1) is 0 Å². The summed E-state index contributed by atoms with van der Waals surface area (Å²) in [6.07, 6.45) is 2.28. The van der Waals surface area contributed by atoms with Crippen molar-refractivity contribution in [3.8, 4) is 0 Å². The van der Waals surface area contributed by atoms with Gasteiger partial charge in [0.15, 0.2) is 0 Å². The molecule has 0 spiro atoms. The highest BCUT2D eigenvalue weighted by atomic mass is 16.6. The van der Waals surface area contributed by atoms with Crippen molar-refractivity contribution in [3.63, 3.8) is 0 Å². The van der Waals surface area contributed by atoms with E-state index in [0.717, 1.165) is 11.1 Å². The van der Waals surface area contributed by atoms with Gasteiger partial charge in [0.25, 0.3) is 0 Å². The number of Topliss-reactive ketones (excluding diaryl/α,β-unsaturated/α-hetero) is 1. The zero-order chi connectivity index (χ0) is 17.9. The molecule has 0 rings (SSSR count). The lowest BCUT2D eigenvalue weighted by molar-refractivity contribution is -0.551. The Hall–Kier alpha value is -1.45. The number of nitrogens with zero attached hydrogens (tertiary/aromatic N) is 1. The van der Waals surface area contributed by atoms with E-state index in [4.69, 9.17) is 0 Å². The van der Waals surface area contributed by atoms with E-state index in [0.29, 0.717) is 6.42 Å². The molecule has 0 radical (unpaired) electrons. The van der Waals surface area contributed by atoms with Crippen LogP contribution >= 0.6 is 0 Å². The first kappa shape index (κ1) is 20.6. The number of rotatable bonds is 8. The third kappa shape index (κ3) is 4.05. The molecule has 0 bridgehead atoms. The molecule has 0 saturated carbocycles. The minimum absolute atomic E-state index is 0.0529. The molecule has 0 heterocycles. The van der Waals surface area contributed by atoms with Gasteiger partial charge >= 0.3 is 0 Å². The fraction of sp³-hybridized carbons (Fsp3) is 0.722. The first-order chi connectivity index (χ1) is 9.80. The van der Waals surface area contributed by atoms with Gasteiger partial charge in [0.1, 0.15) is 5.78 Å². The zero-order valence-electron chi connectivity index (χ0n) is 15.3. The molecule has 0 aromatic rings. The highest BCUT2D eigenvalue weighted by molar-refractivity contribution is 5.84. The van der Waals surface area contributed by atoms with Gasteiger partial charge < -0.3 is 0 Å². The number of allylic oxidation sites excluding steroid dienone is 2. The molecule has 0 aromatic carbocycles. The first-order valence-corrected chi connectivity index (χ1v) is 7.81. The van der Waals surface area contributed by atoms with Crippen molar-refractivity contribution in [2.24, 2.45) is 16.7 Å². The van der Waals surface area contributed by atoms with Crippen molar-refractivity contribution in [2.45, 2.75) is 67.9 Å². The Labute approximate surface area is 134 Å². The Morgan fingerprint density at radius 1 is 1.27 bits per heavy atom. The van der Waals surface area contributed by atoms with E-state index in [2.05, 4.69) is 6.58 Å². The smallest absolute Gasteiger partial charge is 0.224 e. The summed E-state index contributed by atoms with van der Waals surface area (Å²) in [6, 6.07) is -0.840. The van der Waals surface area contributed by atoms with Crippen LogP contribution in [0.2, 0.25) is 0 Å². The van der Waals surface area contributed by atoms with Crippen LogP contribution in [0.25, 0.3) is 0 Å². The van der Waals surface area contributed by atoms with Crippen LogP contribution in [0.4, 0.5) is 0 Å². The SMILES string of the molecule is C=C(C)/C(C)=C/C(C)C([N+](=O)[O-])C(C)(C)C(C)(C)C(=O)CC. The summed E-state index contributed by atoms with van der Waals surface area (Å²) in [6.45, 7) is 18.6. The summed E-state index contributed by atoms with van der Waals surface area (Å²) in [7, 11) is 0. The molecule has 2 unspecified atom stereocenters. The van der Waals surface area contributed by atoms with Crippen LogP contribution in [0.1, 0.15) is 61.8 Å². The maximum absolute atomic E-state index is 12.3. The molecular formula is C18H31NO3. The Bertz CT molecular complexity index is 487. The predicted octanol–water partition coefficient (Wildman–Crippen LogP) is 4.82. The Balaban J connectivity index is 5.87. The summed E-state index contributed by atoms with van der Waals surface area (Å²) in [5, 5.41) is 11.7. The van der Waals surface area contributed by atoms with Crippen LogP contribution in [0.3, 0.4) is 0 Å². The lowest BCUT2D eigenvalue weighted by Gasteiger charge is -2.42. The number of carbonyl (C=O) groups is 1. The largest absolute Gasteiger partial charge is 0.299 e. The van der Waals surface area contributed by atoms with Crippen molar-refractivity contribution in [3.05, 3.63) is 33.9 Å². The number of hydrogen-bond donors (Lipinski definition) is 0. The van der Waals surface area contributed by atoms with E-state index in [1.807, 2.05) is 54.5 Å². The normalized spacial score (nSPS) is 16.1. The molecule has 126 valence electrons. The molecule has 0 aliphatic carbocycles. The van der Waals surface area contributed by atoms with Gasteiger partial charge in [-0.3, -0.25) is 14.9 Å². The number of ketones is 1. The van der Waals surface area contributed by atoms with Crippen molar-refractivity contribution >= 4 is 5.78 Å². The van der Waals surface area contributed by atoms with Crippen molar-refractivity contribution in [1.29, 1.82) is 0 Å². The second-order valence-electron chi connectivity index (χ2n) is 7.34. The highest BCUT2D eigenvalue weighted by Gasteiger charge is 2.54. The van der Waals surface area contributed by atoms with Gasteiger partial charge in [-0.25, -0.2) is 0 Å². The average Bonchev–Trinajstić information content (AvgIpc) is 2.36. The molecular weight excluding hydrogens is 278 g/mol. The summed E-state index contributed by atoms with van der Waals surface area (Å²) in [5.74, 6) is -0.234. The van der Waals surface area contributed by atoms with E-state index in [1.54, 1.807) is 6.92 Å². The summed E-state index contributed by atoms with van der Waals surface area (Å²) < 4.78 is 0. The van der Waals surface area contributed by atoms with Crippen molar-refractivity contribution in [1.82, 2.24) is 0 Å². The molecule has 0 N–H and O–H groups in total. The molecule has 0 saturated heterocycles. The van der Waals surface area contributed by atoms with Crippen molar-refractivity contribution < 1.29 is 9.72 Å².